The highest BCUT2D eigenvalue weighted by Gasteiger charge is 2.54. The van der Waals surface area contributed by atoms with Crippen molar-refractivity contribution in [2.24, 2.45) is 5.41 Å². The van der Waals surface area contributed by atoms with Crippen LogP contribution in [0.4, 0.5) is 0 Å². The Morgan fingerprint density at radius 1 is 1.35 bits per heavy atom. The second kappa shape index (κ2) is 5.02. The summed E-state index contributed by atoms with van der Waals surface area (Å²) in [6.07, 6.45) is 1.52. The molecule has 0 aromatic heterocycles. The minimum atomic E-state index is -1.69. The third-order valence-electron chi connectivity index (χ3n) is 4.38. The van der Waals surface area contributed by atoms with E-state index in [2.05, 4.69) is 6.58 Å². The highest BCUT2D eigenvalue weighted by molar-refractivity contribution is 6.00. The molecule has 0 aliphatic heterocycles. The van der Waals surface area contributed by atoms with E-state index in [1.165, 1.54) is 6.08 Å². The first kappa shape index (κ1) is 16.4. The Kier molecular flexibility index (Phi) is 4.11. The van der Waals surface area contributed by atoms with Gasteiger partial charge in [-0.15, -0.1) is 0 Å². The van der Waals surface area contributed by atoms with Gasteiger partial charge in [0, 0.05) is 11.8 Å². The molecule has 2 N–H and O–H groups in total. The number of rotatable bonds is 3. The number of aliphatic carboxylic acids is 1. The quantitative estimate of drug-likeness (QED) is 0.614. The molecule has 1 atom stereocenters. The van der Waals surface area contributed by atoms with Gasteiger partial charge in [0.2, 0.25) is 0 Å². The van der Waals surface area contributed by atoms with Crippen molar-refractivity contribution in [2.75, 3.05) is 0 Å². The lowest BCUT2D eigenvalue weighted by Crippen LogP contribution is -2.53. The van der Waals surface area contributed by atoms with E-state index >= 15 is 0 Å². The minimum Gasteiger partial charge on any atom is -0.478 e. The van der Waals surface area contributed by atoms with E-state index in [9.17, 15) is 19.8 Å². The average molecular weight is 278 g/mol. The van der Waals surface area contributed by atoms with Crippen molar-refractivity contribution in [1.29, 1.82) is 0 Å². The maximum atomic E-state index is 12.0. The normalized spacial score (nSPS) is 27.2. The molecule has 1 aliphatic carbocycles. The number of carboxylic acids is 1. The summed E-state index contributed by atoms with van der Waals surface area (Å²) in [5.74, 6) is -1.25. The first-order valence-electron chi connectivity index (χ1n) is 6.51. The molecule has 4 heteroatoms. The molecule has 0 aromatic rings. The van der Waals surface area contributed by atoms with Gasteiger partial charge in [-0.25, -0.2) is 4.79 Å². The number of hydrogen-bond donors (Lipinski definition) is 2. The van der Waals surface area contributed by atoms with Crippen molar-refractivity contribution in [3.63, 3.8) is 0 Å². The van der Waals surface area contributed by atoms with Gasteiger partial charge >= 0.3 is 5.97 Å². The van der Waals surface area contributed by atoms with E-state index in [-0.39, 0.29) is 17.8 Å². The second-order valence-electron chi connectivity index (χ2n) is 6.01. The van der Waals surface area contributed by atoms with Crippen molar-refractivity contribution < 1.29 is 19.8 Å². The topological polar surface area (TPSA) is 74.6 Å². The summed E-state index contributed by atoms with van der Waals surface area (Å²) in [5.41, 5.74) is -1.46. The molecule has 110 valence electrons. The van der Waals surface area contributed by atoms with Crippen LogP contribution < -0.4 is 0 Å². The lowest BCUT2D eigenvalue weighted by molar-refractivity contribution is -0.139. The summed E-state index contributed by atoms with van der Waals surface area (Å²) in [7, 11) is 0. The van der Waals surface area contributed by atoms with Crippen LogP contribution in [0.25, 0.3) is 0 Å². The lowest BCUT2D eigenvalue weighted by atomic mass is 9.59. The summed E-state index contributed by atoms with van der Waals surface area (Å²) in [5, 5.41) is 20.7. The molecule has 0 amide bonds. The number of carboxylic acid groups (broad SMARTS) is 1. The van der Waals surface area contributed by atoms with Crippen LogP contribution in [-0.4, -0.2) is 27.6 Å². The summed E-state index contributed by atoms with van der Waals surface area (Å²) >= 11 is 0. The SMILES string of the molecule is C=CC(C)=C(C(=O)O)[C@@]1(O)C(C)=C(C)C(=O)CC1(C)C. The summed E-state index contributed by atoms with van der Waals surface area (Å²) < 4.78 is 0. The van der Waals surface area contributed by atoms with Crippen molar-refractivity contribution in [2.45, 2.75) is 46.6 Å². The Labute approximate surface area is 119 Å². The Morgan fingerprint density at radius 2 is 1.85 bits per heavy atom. The van der Waals surface area contributed by atoms with Crippen LogP contribution in [0.3, 0.4) is 0 Å². The van der Waals surface area contributed by atoms with Gasteiger partial charge in [0.25, 0.3) is 0 Å². The van der Waals surface area contributed by atoms with Gasteiger partial charge in [-0.05, 0) is 37.5 Å². The summed E-state index contributed by atoms with van der Waals surface area (Å²) in [4.78, 5) is 23.6. The van der Waals surface area contributed by atoms with Crippen LogP contribution in [0.2, 0.25) is 0 Å². The van der Waals surface area contributed by atoms with Crippen LogP contribution in [0.5, 0.6) is 0 Å². The van der Waals surface area contributed by atoms with Crippen LogP contribution >= 0.6 is 0 Å². The van der Waals surface area contributed by atoms with Crippen LogP contribution in [-0.2, 0) is 9.59 Å². The molecule has 0 bridgehead atoms. The van der Waals surface area contributed by atoms with E-state index in [0.29, 0.717) is 16.7 Å². The monoisotopic (exact) mass is 278 g/mol. The zero-order valence-corrected chi connectivity index (χ0v) is 12.7. The third-order valence-corrected chi connectivity index (χ3v) is 4.38. The average Bonchev–Trinajstić information content (AvgIpc) is 2.33. The van der Waals surface area contributed by atoms with Crippen molar-refractivity contribution in [3.05, 3.63) is 34.9 Å². The number of Topliss-reactive ketones (excluding diaryl/α,β-unsaturated/α-hetero) is 1. The molecule has 0 aromatic carbocycles. The van der Waals surface area contributed by atoms with Gasteiger partial charge in [-0.2, -0.15) is 0 Å². The first-order valence-corrected chi connectivity index (χ1v) is 6.51. The van der Waals surface area contributed by atoms with Crippen LogP contribution in [0.1, 0.15) is 41.0 Å². The minimum absolute atomic E-state index is 0.0573. The number of carbonyl (C=O) groups excluding carboxylic acids is 1. The molecule has 0 unspecified atom stereocenters. The predicted octanol–water partition coefficient (Wildman–Crippen LogP) is 2.64. The zero-order valence-electron chi connectivity index (χ0n) is 12.7. The number of hydrogen-bond acceptors (Lipinski definition) is 3. The van der Waals surface area contributed by atoms with Gasteiger partial charge in [-0.3, -0.25) is 4.79 Å². The second-order valence-corrected chi connectivity index (χ2v) is 6.01. The van der Waals surface area contributed by atoms with Crippen molar-refractivity contribution in [3.8, 4) is 0 Å². The fourth-order valence-electron chi connectivity index (χ4n) is 2.89. The van der Waals surface area contributed by atoms with E-state index in [4.69, 9.17) is 0 Å². The Balaban J connectivity index is 3.79. The van der Waals surface area contributed by atoms with Gasteiger partial charge < -0.3 is 10.2 Å². The molecule has 0 radical (unpaired) electrons. The summed E-state index contributed by atoms with van der Waals surface area (Å²) in [6, 6.07) is 0. The Bertz CT molecular complexity index is 549. The van der Waals surface area contributed by atoms with E-state index in [0.717, 1.165) is 0 Å². The molecule has 0 saturated heterocycles. The zero-order chi connectivity index (χ0) is 15.9. The highest BCUT2D eigenvalue weighted by atomic mass is 16.4. The van der Waals surface area contributed by atoms with Gasteiger partial charge in [0.15, 0.2) is 5.78 Å². The lowest BCUT2D eigenvalue weighted by Gasteiger charge is -2.47. The van der Waals surface area contributed by atoms with E-state index in [1.807, 2.05) is 0 Å². The molecule has 1 rings (SSSR count). The smallest absolute Gasteiger partial charge is 0.335 e. The molecule has 1 aliphatic rings. The number of carbonyl (C=O) groups is 2. The third kappa shape index (κ3) is 2.14. The number of allylic oxidation sites excluding steroid dienone is 3. The molecule has 0 fully saturated rings. The fraction of sp³-hybridized carbons (Fsp3) is 0.500. The number of aliphatic hydroxyl groups is 1. The standard InChI is InChI=1S/C16H22O4/c1-7-9(2)13(14(18)19)16(20)11(4)10(3)12(17)8-15(16,5)6/h7,20H,1,8H2,2-6H3,(H,18,19)/t16-/m0/s1. The molecule has 0 heterocycles. The fourth-order valence-corrected chi connectivity index (χ4v) is 2.89. The predicted molar refractivity (Wildman–Crippen MR) is 77.3 cm³/mol. The van der Waals surface area contributed by atoms with Crippen LogP contribution in [0.15, 0.2) is 34.9 Å². The maximum absolute atomic E-state index is 12.0. The van der Waals surface area contributed by atoms with Gasteiger partial charge in [0.05, 0.1) is 5.57 Å². The van der Waals surface area contributed by atoms with Crippen LogP contribution in [0, 0.1) is 5.41 Å². The van der Waals surface area contributed by atoms with Gasteiger partial charge in [0.1, 0.15) is 5.60 Å². The van der Waals surface area contributed by atoms with Gasteiger partial charge in [-0.1, -0.05) is 26.5 Å². The van der Waals surface area contributed by atoms with E-state index < -0.39 is 17.0 Å². The molecule has 4 nitrogen and oxygen atoms in total. The highest BCUT2D eigenvalue weighted by Crippen LogP contribution is 2.50. The molecular weight excluding hydrogens is 256 g/mol. The number of ketones is 1. The molecule has 0 saturated carbocycles. The Hall–Kier alpha value is -1.68. The largest absolute Gasteiger partial charge is 0.478 e. The molecule has 20 heavy (non-hydrogen) atoms. The maximum Gasteiger partial charge on any atom is 0.335 e. The van der Waals surface area contributed by atoms with E-state index in [1.54, 1.807) is 34.6 Å². The molecule has 0 spiro atoms. The molecular formula is C16H22O4. The van der Waals surface area contributed by atoms with Crippen molar-refractivity contribution in [1.82, 2.24) is 0 Å². The van der Waals surface area contributed by atoms with Crippen molar-refractivity contribution >= 4 is 11.8 Å². The Morgan fingerprint density at radius 3 is 2.25 bits per heavy atom. The first-order chi connectivity index (χ1) is 9.00. The summed E-state index contributed by atoms with van der Waals surface area (Å²) in [6.45, 7) is 11.8.